The van der Waals surface area contributed by atoms with Crippen molar-refractivity contribution in [3.8, 4) is 23.1 Å². The highest BCUT2D eigenvalue weighted by Gasteiger charge is 2.36. The lowest BCUT2D eigenvalue weighted by Gasteiger charge is -2.22. The van der Waals surface area contributed by atoms with Crippen LogP contribution in [0.1, 0.15) is 54.1 Å². The molecular weight excluding hydrogens is 549 g/mol. The number of ether oxygens (including phenoxy) is 2. The number of halogens is 3. The summed E-state index contributed by atoms with van der Waals surface area (Å²) in [6.45, 7) is 3.53. The first kappa shape index (κ1) is 29.0. The van der Waals surface area contributed by atoms with E-state index in [1.807, 2.05) is 24.3 Å². The SMILES string of the molecule is C=N/C(=C\N(Cc1ccc(COc2nc(-c3c(OC)ncnc3C3CC3)nc(C=NC)c2N)cc1)C1CC1)C(F)(F)F. The van der Waals surface area contributed by atoms with Crippen LogP contribution >= 0.6 is 0 Å². The minimum absolute atomic E-state index is 0.0528. The molecule has 2 heterocycles. The Labute approximate surface area is 241 Å². The van der Waals surface area contributed by atoms with Crippen molar-refractivity contribution in [1.29, 1.82) is 0 Å². The average molecular weight is 581 g/mol. The number of benzene rings is 1. The van der Waals surface area contributed by atoms with E-state index >= 15 is 0 Å². The van der Waals surface area contributed by atoms with Crippen molar-refractivity contribution in [1.82, 2.24) is 24.8 Å². The lowest BCUT2D eigenvalue weighted by molar-refractivity contribution is -0.0934. The second kappa shape index (κ2) is 12.1. The monoisotopic (exact) mass is 580 g/mol. The fourth-order valence-corrected chi connectivity index (χ4v) is 4.47. The van der Waals surface area contributed by atoms with Gasteiger partial charge < -0.3 is 20.1 Å². The second-order valence-corrected chi connectivity index (χ2v) is 10.1. The van der Waals surface area contributed by atoms with Crippen LogP contribution in [0.25, 0.3) is 11.4 Å². The van der Waals surface area contributed by atoms with Gasteiger partial charge in [-0.25, -0.2) is 15.0 Å². The summed E-state index contributed by atoms with van der Waals surface area (Å²) < 4.78 is 51.2. The summed E-state index contributed by atoms with van der Waals surface area (Å²) in [6, 6.07) is 7.47. The van der Waals surface area contributed by atoms with Crippen LogP contribution in [0, 0.1) is 0 Å². The van der Waals surface area contributed by atoms with Crippen molar-refractivity contribution in [3.05, 3.63) is 65.0 Å². The fraction of sp³-hybridized carbons (Fsp3) is 0.379. The molecule has 0 atom stereocenters. The zero-order chi connectivity index (χ0) is 29.9. The Bertz CT molecular complexity index is 1500. The maximum atomic E-state index is 13.2. The van der Waals surface area contributed by atoms with E-state index in [1.54, 1.807) is 11.9 Å². The van der Waals surface area contributed by atoms with E-state index in [2.05, 4.69) is 36.6 Å². The number of rotatable bonds is 12. The topological polar surface area (TPSA) is 124 Å². The molecule has 220 valence electrons. The first-order valence-corrected chi connectivity index (χ1v) is 13.4. The zero-order valence-corrected chi connectivity index (χ0v) is 23.3. The van der Waals surface area contributed by atoms with Crippen LogP contribution in [0.3, 0.4) is 0 Å². The molecule has 2 aliphatic rings. The standard InChI is InChI=1S/C29H31F3N8O2/c1-34-12-21-24(33)28(39-26(38-21)23-25(19-8-9-19)36-16-37-27(23)41-3)42-15-18-6-4-17(5-7-18)13-40(20-10-11-20)14-22(35-2)29(30,31)32/h4-7,12,14,16,19-20H,2,8-11,13,15,33H2,1,3H3/b22-14-,34-12?. The van der Waals surface area contributed by atoms with Gasteiger partial charge in [0.15, 0.2) is 11.5 Å². The van der Waals surface area contributed by atoms with Crippen LogP contribution in [0.5, 0.6) is 11.8 Å². The summed E-state index contributed by atoms with van der Waals surface area (Å²) in [5, 5.41) is 0. The molecule has 0 unspecified atom stereocenters. The third kappa shape index (κ3) is 6.67. The van der Waals surface area contributed by atoms with Crippen LogP contribution in [0.2, 0.25) is 0 Å². The number of aliphatic imine (C=N–C) groups is 2. The van der Waals surface area contributed by atoms with Crippen LogP contribution in [-0.2, 0) is 13.2 Å². The maximum absolute atomic E-state index is 13.2. The largest absolute Gasteiger partial charge is 0.480 e. The van der Waals surface area contributed by atoms with Gasteiger partial charge >= 0.3 is 6.18 Å². The molecule has 0 aliphatic heterocycles. The Morgan fingerprint density at radius 1 is 1.10 bits per heavy atom. The third-order valence-corrected chi connectivity index (χ3v) is 6.94. The van der Waals surface area contributed by atoms with E-state index in [-0.39, 0.29) is 30.1 Å². The van der Waals surface area contributed by atoms with E-state index < -0.39 is 11.9 Å². The Morgan fingerprint density at radius 3 is 2.40 bits per heavy atom. The number of methoxy groups -OCH3 is 1. The molecule has 3 aromatic rings. The molecule has 0 saturated heterocycles. The van der Waals surface area contributed by atoms with Crippen molar-refractivity contribution in [2.24, 2.45) is 9.98 Å². The maximum Gasteiger partial charge on any atom is 0.434 e. The van der Waals surface area contributed by atoms with Gasteiger partial charge in [0.1, 0.15) is 29.9 Å². The molecule has 2 aromatic heterocycles. The predicted octanol–water partition coefficient (Wildman–Crippen LogP) is 5.10. The Hall–Kier alpha value is -4.55. The first-order chi connectivity index (χ1) is 20.2. The highest BCUT2D eigenvalue weighted by molar-refractivity contribution is 5.87. The van der Waals surface area contributed by atoms with Gasteiger partial charge in [-0.3, -0.25) is 9.98 Å². The normalized spacial score (nSPS) is 15.6. The molecule has 42 heavy (non-hydrogen) atoms. The smallest absolute Gasteiger partial charge is 0.434 e. The first-order valence-electron chi connectivity index (χ1n) is 13.4. The molecule has 0 amide bonds. The molecule has 2 N–H and O–H groups in total. The highest BCUT2D eigenvalue weighted by atomic mass is 19.4. The zero-order valence-electron chi connectivity index (χ0n) is 23.3. The molecule has 13 heteroatoms. The number of nitrogens with two attached hydrogens (primary N) is 1. The van der Waals surface area contributed by atoms with Crippen molar-refractivity contribution < 1.29 is 22.6 Å². The van der Waals surface area contributed by atoms with E-state index in [9.17, 15) is 13.2 Å². The number of hydrogen-bond acceptors (Lipinski definition) is 10. The Kier molecular flexibility index (Phi) is 8.36. The van der Waals surface area contributed by atoms with Gasteiger partial charge in [0.05, 0.1) is 12.8 Å². The number of hydrogen-bond donors (Lipinski definition) is 1. The number of nitrogen functional groups attached to an aromatic ring is 1. The summed E-state index contributed by atoms with van der Waals surface area (Å²) in [5.74, 6) is 1.14. The summed E-state index contributed by atoms with van der Waals surface area (Å²) in [7, 11) is 3.14. The molecule has 1 aromatic carbocycles. The van der Waals surface area contributed by atoms with Crippen LogP contribution < -0.4 is 15.2 Å². The van der Waals surface area contributed by atoms with E-state index in [4.69, 9.17) is 15.2 Å². The van der Waals surface area contributed by atoms with Crippen molar-refractivity contribution in [3.63, 3.8) is 0 Å². The minimum Gasteiger partial charge on any atom is -0.480 e. The van der Waals surface area contributed by atoms with E-state index in [0.29, 0.717) is 29.5 Å². The third-order valence-electron chi connectivity index (χ3n) is 6.94. The lowest BCUT2D eigenvalue weighted by atomic mass is 10.1. The van der Waals surface area contributed by atoms with E-state index in [1.165, 1.54) is 19.7 Å². The average Bonchev–Trinajstić information content (AvgIpc) is 3.89. The van der Waals surface area contributed by atoms with Crippen LogP contribution in [-0.4, -0.2) is 64.1 Å². The van der Waals surface area contributed by atoms with Gasteiger partial charge in [0.25, 0.3) is 0 Å². The second-order valence-electron chi connectivity index (χ2n) is 10.1. The Morgan fingerprint density at radius 2 is 1.81 bits per heavy atom. The molecule has 2 saturated carbocycles. The minimum atomic E-state index is -4.56. The van der Waals surface area contributed by atoms with Gasteiger partial charge in [-0.05, 0) is 43.5 Å². The molecule has 5 rings (SSSR count). The van der Waals surface area contributed by atoms with Crippen molar-refractivity contribution in [2.45, 2.75) is 57.0 Å². The molecule has 0 bridgehead atoms. The van der Waals surface area contributed by atoms with Gasteiger partial charge in [-0.15, -0.1) is 0 Å². The Balaban J connectivity index is 1.36. The molecule has 2 fully saturated rings. The molecule has 0 spiro atoms. The summed E-state index contributed by atoms with van der Waals surface area (Å²) in [5.41, 5.74) is 9.04. The summed E-state index contributed by atoms with van der Waals surface area (Å²) in [4.78, 5) is 26.9. The van der Waals surface area contributed by atoms with Gasteiger partial charge in [-0.1, -0.05) is 24.3 Å². The predicted molar refractivity (Wildman–Crippen MR) is 153 cm³/mol. The van der Waals surface area contributed by atoms with Crippen LogP contribution in [0.4, 0.5) is 18.9 Å². The number of anilines is 1. The van der Waals surface area contributed by atoms with Gasteiger partial charge in [0, 0.05) is 38.0 Å². The lowest BCUT2D eigenvalue weighted by Crippen LogP contribution is -2.22. The number of nitrogens with zero attached hydrogens (tertiary/aromatic N) is 7. The number of alkyl halides is 3. The van der Waals surface area contributed by atoms with Crippen LogP contribution in [0.15, 0.2) is 52.5 Å². The van der Waals surface area contributed by atoms with Crippen molar-refractivity contribution in [2.75, 3.05) is 19.9 Å². The molecule has 2 aliphatic carbocycles. The number of allylic oxidation sites excluding steroid dienone is 1. The summed E-state index contributed by atoms with van der Waals surface area (Å²) in [6.07, 6.45) is 3.18. The quantitative estimate of drug-likeness (QED) is 0.294. The van der Waals surface area contributed by atoms with Crippen molar-refractivity contribution >= 4 is 18.6 Å². The van der Waals surface area contributed by atoms with Gasteiger partial charge in [0.2, 0.25) is 11.8 Å². The molecule has 0 radical (unpaired) electrons. The van der Waals surface area contributed by atoms with E-state index in [0.717, 1.165) is 48.7 Å². The molecule has 10 nitrogen and oxygen atoms in total. The fourth-order valence-electron chi connectivity index (χ4n) is 4.47. The summed E-state index contributed by atoms with van der Waals surface area (Å²) >= 11 is 0. The highest BCUT2D eigenvalue weighted by Crippen LogP contribution is 2.45. The number of aromatic nitrogens is 4. The molecular formula is C29H31F3N8O2. The van der Waals surface area contributed by atoms with Gasteiger partial charge in [-0.2, -0.15) is 18.2 Å².